The van der Waals surface area contributed by atoms with Crippen LogP contribution in [0.2, 0.25) is 5.02 Å². The molecule has 1 saturated heterocycles. The van der Waals surface area contributed by atoms with E-state index in [-0.39, 0.29) is 18.8 Å². The Morgan fingerprint density at radius 2 is 1.79 bits per heavy atom. The number of rotatable bonds is 5. The van der Waals surface area contributed by atoms with E-state index >= 15 is 0 Å². The molecule has 2 aromatic carbocycles. The minimum atomic E-state index is -4.66. The number of carbonyl (C=O) groups excluding carboxylic acids is 3. The van der Waals surface area contributed by atoms with Gasteiger partial charge in [-0.15, -0.1) is 0 Å². The molecular formula is C25H18ClF3N2O5S2. The molecule has 3 atom stereocenters. The number of carbonyl (C=O) groups is 3. The Morgan fingerprint density at radius 3 is 2.45 bits per heavy atom. The topological polar surface area (TPSA) is 85.7 Å². The predicted octanol–water partition coefficient (Wildman–Crippen LogP) is 4.94. The van der Waals surface area contributed by atoms with E-state index < -0.39 is 51.5 Å². The van der Waals surface area contributed by atoms with Gasteiger partial charge in [-0.3, -0.25) is 23.7 Å². The summed E-state index contributed by atoms with van der Waals surface area (Å²) in [5, 5.41) is -0.253. The van der Waals surface area contributed by atoms with E-state index in [4.69, 9.17) is 16.3 Å². The van der Waals surface area contributed by atoms with Gasteiger partial charge in [-0.25, -0.2) is 4.90 Å². The molecule has 38 heavy (non-hydrogen) atoms. The highest BCUT2D eigenvalue weighted by atomic mass is 35.5. The first-order chi connectivity index (χ1) is 18.0. The van der Waals surface area contributed by atoms with Crippen LogP contribution in [0.4, 0.5) is 18.9 Å². The van der Waals surface area contributed by atoms with Gasteiger partial charge in [0.15, 0.2) is 0 Å². The Morgan fingerprint density at radius 1 is 1.08 bits per heavy atom. The minimum Gasteiger partial charge on any atom is -0.465 e. The second-order valence-corrected chi connectivity index (χ2v) is 11.1. The second-order valence-electron chi connectivity index (χ2n) is 8.58. The number of alkyl halides is 3. The maximum absolute atomic E-state index is 13.8. The van der Waals surface area contributed by atoms with E-state index in [1.54, 1.807) is 31.2 Å². The highest BCUT2D eigenvalue weighted by Gasteiger charge is 2.57. The van der Waals surface area contributed by atoms with Crippen LogP contribution in [0.15, 0.2) is 58.4 Å². The molecule has 2 aliphatic rings. The first-order valence-electron chi connectivity index (χ1n) is 11.4. The Labute approximate surface area is 227 Å². The molecule has 5 rings (SSSR count). The van der Waals surface area contributed by atoms with Crippen molar-refractivity contribution in [2.24, 2.45) is 5.92 Å². The molecule has 3 aromatic rings. The molecule has 2 aliphatic heterocycles. The highest BCUT2D eigenvalue weighted by molar-refractivity contribution is 8.00. The van der Waals surface area contributed by atoms with Gasteiger partial charge in [0, 0.05) is 15.8 Å². The van der Waals surface area contributed by atoms with Gasteiger partial charge in [0.1, 0.15) is 11.8 Å². The molecule has 0 radical (unpaired) electrons. The molecule has 0 aliphatic carbocycles. The SMILES string of the molecule is CCOC(=O)Cn1c2c(sc1=O)[C@@H](c1ccc(Cl)cc1)[C@@H]1C(=O)N(c3cccc(C(F)(F)F)c3)C(=O)[C@@H]1S2. The van der Waals surface area contributed by atoms with Crippen molar-refractivity contribution in [3.8, 4) is 0 Å². The van der Waals surface area contributed by atoms with Crippen LogP contribution in [0.3, 0.4) is 0 Å². The number of hydrogen-bond acceptors (Lipinski definition) is 7. The molecule has 0 bridgehead atoms. The lowest BCUT2D eigenvalue weighted by molar-refractivity contribution is -0.144. The van der Waals surface area contributed by atoms with Gasteiger partial charge in [0.2, 0.25) is 11.8 Å². The average Bonchev–Trinajstić information content (AvgIpc) is 3.30. The van der Waals surface area contributed by atoms with Crippen molar-refractivity contribution in [1.82, 2.24) is 4.57 Å². The number of halogens is 4. The van der Waals surface area contributed by atoms with E-state index in [0.29, 0.717) is 20.5 Å². The molecule has 7 nitrogen and oxygen atoms in total. The number of thiazole rings is 1. The molecule has 3 heterocycles. The maximum atomic E-state index is 13.8. The number of fused-ring (bicyclic) bond motifs is 2. The number of benzene rings is 2. The van der Waals surface area contributed by atoms with Crippen LogP contribution in [0, 0.1) is 5.92 Å². The fourth-order valence-corrected chi connectivity index (χ4v) is 7.60. The fraction of sp³-hybridized carbons (Fsp3) is 0.280. The number of aromatic nitrogens is 1. The van der Waals surface area contributed by atoms with Crippen molar-refractivity contribution in [3.63, 3.8) is 0 Å². The molecule has 1 fully saturated rings. The third-order valence-electron chi connectivity index (χ3n) is 6.30. The Hall–Kier alpha value is -3.09. The third-order valence-corrected chi connectivity index (χ3v) is 9.16. The summed E-state index contributed by atoms with van der Waals surface area (Å²) in [7, 11) is 0. The summed E-state index contributed by atoms with van der Waals surface area (Å²) in [5.41, 5.74) is -0.579. The van der Waals surface area contributed by atoms with Gasteiger partial charge in [-0.05, 0) is 42.8 Å². The van der Waals surface area contributed by atoms with Crippen LogP contribution >= 0.6 is 34.7 Å². The predicted molar refractivity (Wildman–Crippen MR) is 136 cm³/mol. The number of imide groups is 1. The Bertz CT molecular complexity index is 1500. The Kier molecular flexibility index (Phi) is 6.91. The quantitative estimate of drug-likeness (QED) is 0.313. The monoisotopic (exact) mass is 582 g/mol. The van der Waals surface area contributed by atoms with E-state index in [9.17, 15) is 32.3 Å². The highest BCUT2D eigenvalue weighted by Crippen LogP contribution is 2.54. The van der Waals surface area contributed by atoms with Crippen molar-refractivity contribution in [3.05, 3.63) is 79.2 Å². The van der Waals surface area contributed by atoms with E-state index in [2.05, 4.69) is 0 Å². The molecule has 13 heteroatoms. The van der Waals surface area contributed by atoms with Crippen molar-refractivity contribution in [2.45, 2.75) is 35.8 Å². The average molecular weight is 583 g/mol. The van der Waals surface area contributed by atoms with Crippen molar-refractivity contribution >= 4 is 58.2 Å². The maximum Gasteiger partial charge on any atom is 0.416 e. The van der Waals surface area contributed by atoms with E-state index in [1.807, 2.05) is 0 Å². The number of anilines is 1. The summed E-state index contributed by atoms with van der Waals surface area (Å²) in [6.07, 6.45) is -4.66. The van der Waals surface area contributed by atoms with Gasteiger partial charge in [-0.2, -0.15) is 13.2 Å². The zero-order chi connectivity index (χ0) is 27.4. The number of ether oxygens (including phenoxy) is 1. The van der Waals surface area contributed by atoms with Gasteiger partial charge < -0.3 is 4.74 Å². The Balaban J connectivity index is 1.63. The molecule has 2 amide bonds. The largest absolute Gasteiger partial charge is 0.465 e. The van der Waals surface area contributed by atoms with Crippen LogP contribution in [-0.2, 0) is 31.8 Å². The normalized spacial score (nSPS) is 20.9. The zero-order valence-electron chi connectivity index (χ0n) is 19.5. The smallest absolute Gasteiger partial charge is 0.416 e. The summed E-state index contributed by atoms with van der Waals surface area (Å²) in [4.78, 5) is 53.3. The van der Waals surface area contributed by atoms with Gasteiger partial charge in [-0.1, -0.05) is 52.9 Å². The standard InChI is InChI=1S/C25H18ClF3N2O5S2/c1-2-36-16(32)11-30-23-20(38-24(30)35)17(12-6-8-14(26)9-7-12)18-19(37-23)22(34)31(21(18)33)15-5-3-4-13(10-15)25(27,28)29/h3-10,17-19H,2,11H2,1H3/t17-,18-,19+/m0/s1. The number of hydrogen-bond donors (Lipinski definition) is 0. The van der Waals surface area contributed by atoms with Crippen LogP contribution in [0.25, 0.3) is 0 Å². The van der Waals surface area contributed by atoms with Crippen molar-refractivity contribution < 1.29 is 32.3 Å². The van der Waals surface area contributed by atoms with E-state index in [1.165, 1.54) is 10.6 Å². The van der Waals surface area contributed by atoms with Crippen LogP contribution in [0.1, 0.15) is 28.8 Å². The summed E-state index contributed by atoms with van der Waals surface area (Å²) >= 11 is 7.87. The summed E-state index contributed by atoms with van der Waals surface area (Å²) in [5.74, 6) is -3.77. The minimum absolute atomic E-state index is 0.115. The second kappa shape index (κ2) is 9.90. The van der Waals surface area contributed by atoms with Crippen LogP contribution in [0.5, 0.6) is 0 Å². The molecule has 0 unspecified atom stereocenters. The van der Waals surface area contributed by atoms with Crippen LogP contribution in [-0.4, -0.2) is 34.2 Å². The molecule has 1 aromatic heterocycles. The lowest BCUT2D eigenvalue weighted by atomic mass is 9.83. The van der Waals surface area contributed by atoms with Gasteiger partial charge in [0.25, 0.3) is 0 Å². The summed E-state index contributed by atoms with van der Waals surface area (Å²) in [6.45, 7) is 1.37. The summed E-state index contributed by atoms with van der Waals surface area (Å²) in [6, 6.07) is 10.6. The van der Waals surface area contributed by atoms with Gasteiger partial charge >= 0.3 is 17.0 Å². The first-order valence-corrected chi connectivity index (χ1v) is 13.4. The fourth-order valence-electron chi connectivity index (χ4n) is 4.70. The van der Waals surface area contributed by atoms with E-state index in [0.717, 1.165) is 46.2 Å². The number of thioether (sulfide) groups is 1. The molecule has 0 spiro atoms. The third kappa shape index (κ3) is 4.54. The number of nitrogens with zero attached hydrogens (tertiary/aromatic N) is 2. The summed E-state index contributed by atoms with van der Waals surface area (Å²) < 4.78 is 46.3. The molecule has 0 saturated carbocycles. The first kappa shape index (κ1) is 26.5. The van der Waals surface area contributed by atoms with Crippen LogP contribution < -0.4 is 9.77 Å². The van der Waals surface area contributed by atoms with Gasteiger partial charge in [0.05, 0.1) is 28.8 Å². The number of amides is 2. The molecule has 0 N–H and O–H groups in total. The lowest BCUT2D eigenvalue weighted by Gasteiger charge is -2.30. The van der Waals surface area contributed by atoms with Crippen molar-refractivity contribution in [1.29, 1.82) is 0 Å². The lowest BCUT2D eigenvalue weighted by Crippen LogP contribution is -2.32. The molecular weight excluding hydrogens is 565 g/mol. The molecule has 198 valence electrons. The zero-order valence-corrected chi connectivity index (χ0v) is 21.9. The van der Waals surface area contributed by atoms with Crippen molar-refractivity contribution in [2.75, 3.05) is 11.5 Å². The number of esters is 1.